The first kappa shape index (κ1) is 17.1. The quantitative estimate of drug-likeness (QED) is 0.252. The van der Waals surface area contributed by atoms with Crippen molar-refractivity contribution in [3.8, 4) is 0 Å². The van der Waals surface area contributed by atoms with Crippen LogP contribution in [0.2, 0.25) is 0 Å². The Hall–Kier alpha value is -2.25. The number of hydrogen-bond acceptors (Lipinski definition) is 6. The molecule has 0 saturated heterocycles. The molecule has 7 nitrogen and oxygen atoms in total. The van der Waals surface area contributed by atoms with E-state index in [1.165, 1.54) is 19.3 Å². The maximum atomic E-state index is 11.4. The van der Waals surface area contributed by atoms with Gasteiger partial charge in [-0.2, -0.15) is 0 Å². The lowest BCUT2D eigenvalue weighted by Crippen LogP contribution is -2.23. The molecular formula is C16H20N2O5. The van der Waals surface area contributed by atoms with Gasteiger partial charge in [-0.3, -0.25) is 15.0 Å². The van der Waals surface area contributed by atoms with Gasteiger partial charge in [-0.1, -0.05) is 18.2 Å². The summed E-state index contributed by atoms with van der Waals surface area (Å²) in [4.78, 5) is 24.4. The van der Waals surface area contributed by atoms with Crippen molar-refractivity contribution in [2.24, 2.45) is 0 Å². The topological polar surface area (TPSA) is 81.9 Å². The molecule has 1 heterocycles. The Morgan fingerprint density at radius 1 is 1.48 bits per heavy atom. The van der Waals surface area contributed by atoms with Crippen LogP contribution in [0.1, 0.15) is 23.6 Å². The summed E-state index contributed by atoms with van der Waals surface area (Å²) >= 11 is 0. The fourth-order valence-electron chi connectivity index (χ4n) is 2.82. The summed E-state index contributed by atoms with van der Waals surface area (Å²) in [7, 11) is 2.94. The van der Waals surface area contributed by atoms with Crippen LogP contribution in [0.25, 0.3) is 0 Å². The number of esters is 1. The van der Waals surface area contributed by atoms with Crippen molar-refractivity contribution in [3.05, 3.63) is 51.6 Å². The molecule has 0 spiro atoms. The SMILES string of the molecule is COCCCN1Cc2cccc([N+](=O)[O-])c2C1/C=C/C(=O)OC. The average Bonchev–Trinajstić information content (AvgIpc) is 2.90. The minimum atomic E-state index is -0.478. The van der Waals surface area contributed by atoms with E-state index in [0.717, 1.165) is 18.5 Å². The zero-order valence-corrected chi connectivity index (χ0v) is 13.2. The van der Waals surface area contributed by atoms with Crippen LogP contribution >= 0.6 is 0 Å². The van der Waals surface area contributed by atoms with Gasteiger partial charge in [0.1, 0.15) is 0 Å². The van der Waals surface area contributed by atoms with Gasteiger partial charge in [0, 0.05) is 38.9 Å². The zero-order chi connectivity index (χ0) is 16.8. The Labute approximate surface area is 134 Å². The highest BCUT2D eigenvalue weighted by atomic mass is 16.6. The number of methoxy groups -OCH3 is 2. The summed E-state index contributed by atoms with van der Waals surface area (Å²) in [5, 5.41) is 11.3. The first-order valence-electron chi connectivity index (χ1n) is 7.33. The smallest absolute Gasteiger partial charge is 0.330 e. The molecule has 124 valence electrons. The van der Waals surface area contributed by atoms with Crippen LogP contribution in [0, 0.1) is 10.1 Å². The standard InChI is InChI=1S/C16H20N2O5/c1-22-10-4-9-17-11-12-5-3-6-14(18(20)21)16(12)13(17)7-8-15(19)23-2/h3,5-8,13H,4,9-11H2,1-2H3/b8-7+. The normalized spacial score (nSPS) is 17.4. The molecule has 0 N–H and O–H groups in total. The van der Waals surface area contributed by atoms with Gasteiger partial charge in [-0.25, -0.2) is 4.79 Å². The van der Waals surface area contributed by atoms with Crippen molar-refractivity contribution >= 4 is 11.7 Å². The first-order chi connectivity index (χ1) is 11.1. The van der Waals surface area contributed by atoms with Crippen LogP contribution in [-0.4, -0.2) is 43.2 Å². The molecule has 1 aliphatic rings. The molecular weight excluding hydrogens is 300 g/mol. The molecule has 1 atom stereocenters. The van der Waals surface area contributed by atoms with Crippen LogP contribution in [0.3, 0.4) is 0 Å². The van der Waals surface area contributed by atoms with Gasteiger partial charge >= 0.3 is 5.97 Å². The molecule has 0 radical (unpaired) electrons. The van der Waals surface area contributed by atoms with E-state index in [9.17, 15) is 14.9 Å². The Balaban J connectivity index is 2.33. The van der Waals surface area contributed by atoms with Crippen LogP contribution in [0.5, 0.6) is 0 Å². The second-order valence-electron chi connectivity index (χ2n) is 5.25. The summed E-state index contributed by atoms with van der Waals surface area (Å²) < 4.78 is 9.68. The molecule has 1 aromatic rings. The van der Waals surface area contributed by atoms with Crippen LogP contribution in [0.4, 0.5) is 5.69 Å². The van der Waals surface area contributed by atoms with E-state index in [1.807, 2.05) is 6.07 Å². The van der Waals surface area contributed by atoms with E-state index in [-0.39, 0.29) is 16.7 Å². The highest BCUT2D eigenvalue weighted by Gasteiger charge is 2.34. The summed E-state index contributed by atoms with van der Waals surface area (Å²) in [5.41, 5.74) is 1.64. The van der Waals surface area contributed by atoms with Crippen molar-refractivity contribution in [2.75, 3.05) is 27.4 Å². The van der Waals surface area contributed by atoms with Gasteiger partial charge in [0.05, 0.1) is 23.6 Å². The summed E-state index contributed by atoms with van der Waals surface area (Å²) in [6, 6.07) is 4.76. The van der Waals surface area contributed by atoms with E-state index < -0.39 is 5.97 Å². The van der Waals surface area contributed by atoms with Gasteiger partial charge in [-0.15, -0.1) is 0 Å². The third kappa shape index (κ3) is 3.94. The Morgan fingerprint density at radius 2 is 2.26 bits per heavy atom. The maximum absolute atomic E-state index is 11.4. The first-order valence-corrected chi connectivity index (χ1v) is 7.33. The molecule has 0 aliphatic carbocycles. The predicted octanol–water partition coefficient (Wildman–Crippen LogP) is 2.22. The molecule has 23 heavy (non-hydrogen) atoms. The van der Waals surface area contributed by atoms with Crippen molar-refractivity contribution in [3.63, 3.8) is 0 Å². The fourth-order valence-corrected chi connectivity index (χ4v) is 2.82. The molecule has 0 bridgehead atoms. The molecule has 0 fully saturated rings. The molecule has 0 aromatic heterocycles. The number of hydrogen-bond donors (Lipinski definition) is 0. The van der Waals surface area contributed by atoms with Crippen molar-refractivity contribution in [2.45, 2.75) is 19.0 Å². The fraction of sp³-hybridized carbons (Fsp3) is 0.438. The number of rotatable bonds is 7. The van der Waals surface area contributed by atoms with E-state index in [0.29, 0.717) is 18.7 Å². The third-order valence-electron chi connectivity index (χ3n) is 3.84. The molecule has 7 heteroatoms. The monoisotopic (exact) mass is 320 g/mol. The van der Waals surface area contributed by atoms with Crippen molar-refractivity contribution < 1.29 is 19.2 Å². The number of ether oxygens (including phenoxy) is 2. The minimum Gasteiger partial charge on any atom is -0.466 e. The lowest BCUT2D eigenvalue weighted by molar-refractivity contribution is -0.385. The second kappa shape index (κ2) is 7.85. The van der Waals surface area contributed by atoms with E-state index >= 15 is 0 Å². The number of nitrogens with zero attached hydrogens (tertiary/aromatic N) is 2. The Bertz CT molecular complexity index is 614. The number of nitro groups is 1. The van der Waals surface area contributed by atoms with Gasteiger partial charge in [0.15, 0.2) is 0 Å². The van der Waals surface area contributed by atoms with Gasteiger partial charge in [0.2, 0.25) is 0 Å². The molecule has 1 unspecified atom stereocenters. The number of nitro benzene ring substituents is 1. The Morgan fingerprint density at radius 3 is 2.91 bits per heavy atom. The van der Waals surface area contributed by atoms with Crippen LogP contribution < -0.4 is 0 Å². The van der Waals surface area contributed by atoms with E-state index in [1.54, 1.807) is 19.3 Å². The van der Waals surface area contributed by atoms with Gasteiger partial charge in [0.25, 0.3) is 5.69 Å². The largest absolute Gasteiger partial charge is 0.466 e. The maximum Gasteiger partial charge on any atom is 0.330 e. The van der Waals surface area contributed by atoms with Crippen molar-refractivity contribution in [1.82, 2.24) is 4.90 Å². The van der Waals surface area contributed by atoms with Crippen molar-refractivity contribution in [1.29, 1.82) is 0 Å². The summed E-state index contributed by atoms with van der Waals surface area (Å²) in [6.07, 6.45) is 3.79. The van der Waals surface area contributed by atoms with E-state index in [2.05, 4.69) is 9.64 Å². The molecule has 2 rings (SSSR count). The number of carbonyl (C=O) groups is 1. The van der Waals surface area contributed by atoms with Crippen LogP contribution in [0.15, 0.2) is 30.4 Å². The lowest BCUT2D eigenvalue weighted by Gasteiger charge is -2.22. The predicted molar refractivity (Wildman–Crippen MR) is 83.9 cm³/mol. The highest BCUT2D eigenvalue weighted by Crippen LogP contribution is 2.40. The average molecular weight is 320 g/mol. The summed E-state index contributed by atoms with van der Waals surface area (Å²) in [5.74, 6) is -0.478. The minimum absolute atomic E-state index is 0.0799. The molecule has 0 saturated carbocycles. The molecule has 0 amide bonds. The zero-order valence-electron chi connectivity index (χ0n) is 13.2. The number of fused-ring (bicyclic) bond motifs is 1. The van der Waals surface area contributed by atoms with Gasteiger partial charge < -0.3 is 9.47 Å². The third-order valence-corrected chi connectivity index (χ3v) is 3.84. The number of benzene rings is 1. The summed E-state index contributed by atoms with van der Waals surface area (Å²) in [6.45, 7) is 1.94. The second-order valence-corrected chi connectivity index (χ2v) is 5.25. The highest BCUT2D eigenvalue weighted by molar-refractivity contribution is 5.82. The van der Waals surface area contributed by atoms with Crippen LogP contribution in [-0.2, 0) is 20.8 Å². The molecule has 1 aliphatic heterocycles. The Kier molecular flexibility index (Phi) is 5.84. The lowest BCUT2D eigenvalue weighted by atomic mass is 10.0. The van der Waals surface area contributed by atoms with Gasteiger partial charge in [-0.05, 0) is 12.0 Å². The number of carbonyl (C=O) groups excluding carboxylic acids is 1. The van der Waals surface area contributed by atoms with E-state index in [4.69, 9.17) is 4.74 Å². The molecule has 1 aromatic carbocycles.